The van der Waals surface area contributed by atoms with E-state index >= 15 is 0 Å². The third-order valence-corrected chi connectivity index (χ3v) is 5.50. The SMILES string of the molecule is CCN(CC(=O)NC(c1ccc(C)cc1)C1CC1)Cc1ccc2c(c1)OCO2. The maximum Gasteiger partial charge on any atom is 0.234 e. The number of fused-ring (bicyclic) bond motifs is 1. The van der Waals surface area contributed by atoms with E-state index in [0.717, 1.165) is 23.6 Å². The van der Waals surface area contributed by atoms with Crippen LogP contribution in [0, 0.1) is 12.8 Å². The Morgan fingerprint density at radius 3 is 2.61 bits per heavy atom. The number of amides is 1. The summed E-state index contributed by atoms with van der Waals surface area (Å²) in [5.74, 6) is 2.22. The van der Waals surface area contributed by atoms with Crippen molar-refractivity contribution in [3.05, 3.63) is 59.2 Å². The standard InChI is InChI=1S/C23H28N2O3/c1-3-25(13-17-6-11-20-21(12-17)28-15-27-20)14-22(26)24-23(19-9-10-19)18-7-4-16(2)5-8-18/h4-8,11-12,19,23H,3,9-10,13-15H2,1-2H3,(H,24,26). The molecule has 28 heavy (non-hydrogen) atoms. The predicted molar refractivity (Wildman–Crippen MR) is 108 cm³/mol. The summed E-state index contributed by atoms with van der Waals surface area (Å²) in [6.45, 7) is 6.35. The van der Waals surface area contributed by atoms with E-state index in [1.165, 1.54) is 24.0 Å². The first-order valence-electron chi connectivity index (χ1n) is 10.1. The van der Waals surface area contributed by atoms with Crippen LogP contribution in [-0.2, 0) is 11.3 Å². The lowest BCUT2D eigenvalue weighted by Gasteiger charge is -2.23. The number of hydrogen-bond acceptors (Lipinski definition) is 4. The summed E-state index contributed by atoms with van der Waals surface area (Å²) < 4.78 is 10.8. The average molecular weight is 380 g/mol. The van der Waals surface area contributed by atoms with Crippen molar-refractivity contribution in [1.82, 2.24) is 10.2 Å². The highest BCUT2D eigenvalue weighted by atomic mass is 16.7. The number of benzene rings is 2. The second-order valence-electron chi connectivity index (χ2n) is 7.78. The molecule has 1 N–H and O–H groups in total. The lowest BCUT2D eigenvalue weighted by molar-refractivity contribution is -0.123. The van der Waals surface area contributed by atoms with Crippen molar-refractivity contribution in [1.29, 1.82) is 0 Å². The fraction of sp³-hybridized carbons (Fsp3) is 0.435. The lowest BCUT2D eigenvalue weighted by Crippen LogP contribution is -2.39. The number of nitrogens with one attached hydrogen (secondary N) is 1. The zero-order valence-electron chi connectivity index (χ0n) is 16.6. The second kappa shape index (κ2) is 8.23. The average Bonchev–Trinajstić information content (AvgIpc) is 3.43. The fourth-order valence-corrected chi connectivity index (χ4v) is 3.68. The third kappa shape index (κ3) is 4.47. The minimum absolute atomic E-state index is 0.0834. The summed E-state index contributed by atoms with van der Waals surface area (Å²) in [6, 6.07) is 14.6. The molecule has 1 fully saturated rings. The van der Waals surface area contributed by atoms with E-state index in [2.05, 4.69) is 48.3 Å². The second-order valence-corrected chi connectivity index (χ2v) is 7.78. The summed E-state index contributed by atoms with van der Waals surface area (Å²) >= 11 is 0. The van der Waals surface area contributed by atoms with E-state index in [1.807, 2.05) is 18.2 Å². The third-order valence-electron chi connectivity index (χ3n) is 5.50. The van der Waals surface area contributed by atoms with Crippen LogP contribution in [0.5, 0.6) is 11.5 Å². The Morgan fingerprint density at radius 2 is 1.89 bits per heavy atom. The van der Waals surface area contributed by atoms with Gasteiger partial charge in [-0.05, 0) is 55.5 Å². The van der Waals surface area contributed by atoms with Crippen LogP contribution in [0.15, 0.2) is 42.5 Å². The number of hydrogen-bond donors (Lipinski definition) is 1. The van der Waals surface area contributed by atoms with Crippen LogP contribution >= 0.6 is 0 Å². The van der Waals surface area contributed by atoms with Crippen molar-refractivity contribution in [3.8, 4) is 11.5 Å². The van der Waals surface area contributed by atoms with E-state index in [9.17, 15) is 4.79 Å². The molecule has 148 valence electrons. The monoisotopic (exact) mass is 380 g/mol. The molecule has 0 bridgehead atoms. The van der Waals surface area contributed by atoms with Gasteiger partial charge in [-0.3, -0.25) is 9.69 Å². The minimum atomic E-state index is 0.0834. The molecule has 1 atom stereocenters. The summed E-state index contributed by atoms with van der Waals surface area (Å²) in [4.78, 5) is 14.9. The maximum atomic E-state index is 12.8. The van der Waals surface area contributed by atoms with Crippen molar-refractivity contribution in [2.45, 2.75) is 39.3 Å². The summed E-state index contributed by atoms with van der Waals surface area (Å²) in [5, 5.41) is 3.28. The van der Waals surface area contributed by atoms with Gasteiger partial charge in [-0.15, -0.1) is 0 Å². The number of carbonyl (C=O) groups is 1. The Hall–Kier alpha value is -2.53. The van der Waals surface area contributed by atoms with Gasteiger partial charge < -0.3 is 14.8 Å². The first-order valence-corrected chi connectivity index (χ1v) is 10.1. The summed E-state index contributed by atoms with van der Waals surface area (Å²) in [5.41, 5.74) is 3.57. The molecule has 0 saturated heterocycles. The highest BCUT2D eigenvalue weighted by molar-refractivity contribution is 5.78. The van der Waals surface area contributed by atoms with Crippen molar-refractivity contribution >= 4 is 5.91 Å². The zero-order chi connectivity index (χ0) is 19.5. The Bertz CT molecular complexity index is 830. The number of rotatable bonds is 8. The summed E-state index contributed by atoms with van der Waals surface area (Å²) in [6.07, 6.45) is 2.38. The van der Waals surface area contributed by atoms with Gasteiger partial charge in [0, 0.05) is 6.54 Å². The largest absolute Gasteiger partial charge is 0.454 e. The molecule has 2 aromatic rings. The molecule has 2 aliphatic rings. The van der Waals surface area contributed by atoms with Gasteiger partial charge in [-0.25, -0.2) is 0 Å². The molecule has 5 nitrogen and oxygen atoms in total. The lowest BCUT2D eigenvalue weighted by atomic mass is 10.0. The molecule has 0 aromatic heterocycles. The van der Waals surface area contributed by atoms with Crippen molar-refractivity contribution in [2.24, 2.45) is 5.92 Å². The molecule has 1 heterocycles. The summed E-state index contributed by atoms with van der Waals surface area (Å²) in [7, 11) is 0. The van der Waals surface area contributed by atoms with E-state index in [-0.39, 0.29) is 18.7 Å². The minimum Gasteiger partial charge on any atom is -0.454 e. The molecule has 1 aliphatic heterocycles. The first kappa shape index (κ1) is 18.8. The normalized spacial score (nSPS) is 16.2. The van der Waals surface area contributed by atoms with Crippen molar-refractivity contribution < 1.29 is 14.3 Å². The Balaban J connectivity index is 1.37. The van der Waals surface area contributed by atoms with Crippen LogP contribution in [0.2, 0.25) is 0 Å². The van der Waals surface area contributed by atoms with E-state index in [4.69, 9.17) is 9.47 Å². The van der Waals surface area contributed by atoms with Crippen LogP contribution in [-0.4, -0.2) is 30.7 Å². The number of ether oxygens (including phenoxy) is 2. The molecule has 2 aromatic carbocycles. The topological polar surface area (TPSA) is 50.8 Å². The van der Waals surface area contributed by atoms with Crippen molar-refractivity contribution in [3.63, 3.8) is 0 Å². The Kier molecular flexibility index (Phi) is 5.53. The Labute approximate surface area is 166 Å². The molecule has 5 heteroatoms. The number of nitrogens with zero attached hydrogens (tertiary/aromatic N) is 1. The quantitative estimate of drug-likeness (QED) is 0.757. The number of carbonyl (C=O) groups excluding carboxylic acids is 1. The van der Waals surface area contributed by atoms with Gasteiger partial charge in [0.05, 0.1) is 12.6 Å². The van der Waals surface area contributed by atoms with Crippen LogP contribution < -0.4 is 14.8 Å². The van der Waals surface area contributed by atoms with Crippen LogP contribution in [0.4, 0.5) is 0 Å². The zero-order valence-corrected chi connectivity index (χ0v) is 16.6. The highest BCUT2D eigenvalue weighted by Crippen LogP contribution is 2.41. The molecule has 1 amide bonds. The van der Waals surface area contributed by atoms with Gasteiger partial charge in [0.2, 0.25) is 12.7 Å². The van der Waals surface area contributed by atoms with Gasteiger partial charge in [-0.1, -0.05) is 42.8 Å². The van der Waals surface area contributed by atoms with E-state index < -0.39 is 0 Å². The van der Waals surface area contributed by atoms with Crippen LogP contribution in [0.25, 0.3) is 0 Å². The molecular formula is C23H28N2O3. The predicted octanol–water partition coefficient (Wildman–Crippen LogP) is 3.81. The van der Waals surface area contributed by atoms with Crippen LogP contribution in [0.3, 0.4) is 0 Å². The number of likely N-dealkylation sites (N-methyl/N-ethyl adjacent to an activating group) is 1. The first-order chi connectivity index (χ1) is 13.6. The maximum absolute atomic E-state index is 12.8. The van der Waals surface area contributed by atoms with Gasteiger partial charge >= 0.3 is 0 Å². The molecule has 1 aliphatic carbocycles. The van der Waals surface area contributed by atoms with Gasteiger partial charge in [0.15, 0.2) is 11.5 Å². The van der Waals surface area contributed by atoms with Crippen LogP contribution in [0.1, 0.15) is 42.5 Å². The Morgan fingerprint density at radius 1 is 1.14 bits per heavy atom. The van der Waals surface area contributed by atoms with E-state index in [0.29, 0.717) is 19.0 Å². The molecule has 1 saturated carbocycles. The van der Waals surface area contributed by atoms with Gasteiger partial charge in [0.1, 0.15) is 0 Å². The molecule has 0 spiro atoms. The molecule has 1 unspecified atom stereocenters. The highest BCUT2D eigenvalue weighted by Gasteiger charge is 2.33. The number of aryl methyl sites for hydroxylation is 1. The molecule has 0 radical (unpaired) electrons. The fourth-order valence-electron chi connectivity index (χ4n) is 3.68. The smallest absolute Gasteiger partial charge is 0.234 e. The van der Waals surface area contributed by atoms with Gasteiger partial charge in [-0.2, -0.15) is 0 Å². The van der Waals surface area contributed by atoms with E-state index in [1.54, 1.807) is 0 Å². The van der Waals surface area contributed by atoms with Crippen molar-refractivity contribution in [2.75, 3.05) is 19.9 Å². The molecule has 4 rings (SSSR count). The molecular weight excluding hydrogens is 352 g/mol. The van der Waals surface area contributed by atoms with Gasteiger partial charge in [0.25, 0.3) is 0 Å².